The molecule has 0 saturated carbocycles. The number of carbonyl (C=O) groups is 1. The average Bonchev–Trinajstić information content (AvgIpc) is 2.51. The SMILES string of the molecule is COc1ccc(/C=C2/COc3cc(O)ccc3C2=O)cc1. The molecule has 0 radical (unpaired) electrons. The molecule has 0 saturated heterocycles. The first kappa shape index (κ1) is 13.2. The lowest BCUT2D eigenvalue weighted by Gasteiger charge is -2.18. The van der Waals surface area contributed by atoms with Gasteiger partial charge in [-0.3, -0.25) is 4.79 Å². The maximum atomic E-state index is 12.4. The number of ether oxygens (including phenoxy) is 2. The Labute approximate surface area is 122 Å². The van der Waals surface area contributed by atoms with E-state index in [1.54, 1.807) is 19.3 Å². The number of aromatic hydroxyl groups is 1. The molecule has 4 nitrogen and oxygen atoms in total. The van der Waals surface area contributed by atoms with Crippen molar-refractivity contribution in [1.29, 1.82) is 0 Å². The van der Waals surface area contributed by atoms with E-state index in [9.17, 15) is 9.90 Å². The quantitative estimate of drug-likeness (QED) is 0.860. The van der Waals surface area contributed by atoms with Crippen LogP contribution < -0.4 is 9.47 Å². The van der Waals surface area contributed by atoms with Crippen LogP contribution in [0, 0.1) is 0 Å². The fraction of sp³-hybridized carbons (Fsp3) is 0.118. The number of hydrogen-bond donors (Lipinski definition) is 1. The molecule has 1 N–H and O–H groups in total. The van der Waals surface area contributed by atoms with Crippen LogP contribution in [0.5, 0.6) is 17.2 Å². The van der Waals surface area contributed by atoms with Crippen LogP contribution >= 0.6 is 0 Å². The topological polar surface area (TPSA) is 55.8 Å². The average molecular weight is 282 g/mol. The molecule has 2 aromatic carbocycles. The van der Waals surface area contributed by atoms with E-state index in [2.05, 4.69) is 0 Å². The lowest BCUT2D eigenvalue weighted by atomic mass is 9.98. The van der Waals surface area contributed by atoms with Crippen LogP contribution in [0.15, 0.2) is 48.0 Å². The third-order valence-corrected chi connectivity index (χ3v) is 3.34. The maximum absolute atomic E-state index is 12.4. The molecule has 1 heterocycles. The van der Waals surface area contributed by atoms with E-state index < -0.39 is 0 Å². The molecule has 0 aliphatic carbocycles. The van der Waals surface area contributed by atoms with Gasteiger partial charge in [-0.05, 0) is 35.9 Å². The minimum Gasteiger partial charge on any atom is -0.508 e. The molecule has 0 fully saturated rings. The standard InChI is InChI=1S/C17H14O4/c1-20-14-5-2-11(3-6-14)8-12-10-21-16-9-13(18)4-7-15(16)17(12)19/h2-9,18H,10H2,1H3/b12-8-. The molecule has 4 heteroatoms. The van der Waals surface area contributed by atoms with Gasteiger partial charge in [0.15, 0.2) is 5.78 Å². The van der Waals surface area contributed by atoms with Crippen molar-refractivity contribution in [1.82, 2.24) is 0 Å². The Morgan fingerprint density at radius 2 is 1.95 bits per heavy atom. The molecule has 1 aliphatic rings. The number of carbonyl (C=O) groups excluding carboxylic acids is 1. The molecule has 1 aliphatic heterocycles. The number of hydrogen-bond acceptors (Lipinski definition) is 4. The van der Waals surface area contributed by atoms with Gasteiger partial charge in [-0.15, -0.1) is 0 Å². The van der Waals surface area contributed by atoms with Crippen molar-refractivity contribution in [3.05, 3.63) is 59.2 Å². The van der Waals surface area contributed by atoms with E-state index >= 15 is 0 Å². The fourth-order valence-corrected chi connectivity index (χ4v) is 2.22. The van der Waals surface area contributed by atoms with Crippen molar-refractivity contribution >= 4 is 11.9 Å². The number of phenolic OH excluding ortho intramolecular Hbond substituents is 1. The van der Waals surface area contributed by atoms with Crippen molar-refractivity contribution in [2.45, 2.75) is 0 Å². The minimum atomic E-state index is -0.0768. The molecule has 2 aromatic rings. The molecule has 106 valence electrons. The van der Waals surface area contributed by atoms with Gasteiger partial charge in [-0.25, -0.2) is 0 Å². The van der Waals surface area contributed by atoms with Crippen LogP contribution in [-0.4, -0.2) is 24.6 Å². The highest BCUT2D eigenvalue weighted by Crippen LogP contribution is 2.31. The predicted octanol–water partition coefficient (Wildman–Crippen LogP) is 3.06. The Morgan fingerprint density at radius 1 is 1.19 bits per heavy atom. The summed E-state index contributed by atoms with van der Waals surface area (Å²) in [6, 6.07) is 12.0. The monoisotopic (exact) mass is 282 g/mol. The Hall–Kier alpha value is -2.75. The number of Topliss-reactive ketones (excluding diaryl/α,β-unsaturated/α-hetero) is 1. The van der Waals surface area contributed by atoms with Crippen LogP contribution in [0.3, 0.4) is 0 Å². The van der Waals surface area contributed by atoms with E-state index in [1.165, 1.54) is 12.1 Å². The van der Waals surface area contributed by atoms with Crippen LogP contribution in [0.2, 0.25) is 0 Å². The number of benzene rings is 2. The van der Waals surface area contributed by atoms with E-state index in [4.69, 9.17) is 9.47 Å². The molecular weight excluding hydrogens is 268 g/mol. The molecule has 21 heavy (non-hydrogen) atoms. The number of methoxy groups -OCH3 is 1. The van der Waals surface area contributed by atoms with Crippen LogP contribution in [0.4, 0.5) is 0 Å². The normalized spacial score (nSPS) is 15.5. The Kier molecular flexibility index (Phi) is 3.36. The number of ketones is 1. The fourth-order valence-electron chi connectivity index (χ4n) is 2.22. The van der Waals surface area contributed by atoms with Gasteiger partial charge in [0.2, 0.25) is 0 Å². The summed E-state index contributed by atoms with van der Waals surface area (Å²) in [6.45, 7) is 0.196. The highest BCUT2D eigenvalue weighted by Gasteiger charge is 2.23. The first-order valence-corrected chi connectivity index (χ1v) is 6.52. The second-order valence-electron chi connectivity index (χ2n) is 4.74. The van der Waals surface area contributed by atoms with Gasteiger partial charge in [-0.2, -0.15) is 0 Å². The summed E-state index contributed by atoms with van der Waals surface area (Å²) in [4.78, 5) is 12.4. The van der Waals surface area contributed by atoms with Crippen LogP contribution in [0.25, 0.3) is 6.08 Å². The van der Waals surface area contributed by atoms with Crippen molar-refractivity contribution in [3.8, 4) is 17.2 Å². The van der Waals surface area contributed by atoms with Gasteiger partial charge >= 0.3 is 0 Å². The van der Waals surface area contributed by atoms with E-state index in [0.29, 0.717) is 16.9 Å². The molecular formula is C17H14O4. The summed E-state index contributed by atoms with van der Waals surface area (Å²) < 4.78 is 10.6. The predicted molar refractivity (Wildman–Crippen MR) is 78.9 cm³/mol. The molecule has 0 aromatic heterocycles. The van der Waals surface area contributed by atoms with Crippen molar-refractivity contribution in [2.75, 3.05) is 13.7 Å². The van der Waals surface area contributed by atoms with Gasteiger partial charge in [0, 0.05) is 11.6 Å². The first-order valence-electron chi connectivity index (χ1n) is 6.52. The van der Waals surface area contributed by atoms with Crippen molar-refractivity contribution < 1.29 is 19.4 Å². The van der Waals surface area contributed by atoms with Gasteiger partial charge in [-0.1, -0.05) is 12.1 Å². The zero-order valence-electron chi connectivity index (χ0n) is 11.5. The highest BCUT2D eigenvalue weighted by molar-refractivity contribution is 6.14. The minimum absolute atomic E-state index is 0.0768. The highest BCUT2D eigenvalue weighted by atomic mass is 16.5. The van der Waals surface area contributed by atoms with Gasteiger partial charge in [0.25, 0.3) is 0 Å². The van der Waals surface area contributed by atoms with Crippen LogP contribution in [0.1, 0.15) is 15.9 Å². The summed E-state index contributed by atoms with van der Waals surface area (Å²) >= 11 is 0. The Bertz CT molecular complexity index is 714. The van der Waals surface area contributed by atoms with Crippen molar-refractivity contribution in [3.63, 3.8) is 0 Å². The molecule has 0 spiro atoms. The number of phenols is 1. The lowest BCUT2D eigenvalue weighted by molar-refractivity contribution is 0.100. The summed E-state index contributed by atoms with van der Waals surface area (Å²) in [5.41, 5.74) is 1.96. The van der Waals surface area contributed by atoms with E-state index in [1.807, 2.05) is 24.3 Å². The molecule has 0 bridgehead atoms. The third-order valence-electron chi connectivity index (χ3n) is 3.34. The summed E-state index contributed by atoms with van der Waals surface area (Å²) in [5.74, 6) is 1.20. The van der Waals surface area contributed by atoms with Crippen molar-refractivity contribution in [2.24, 2.45) is 0 Å². The second kappa shape index (κ2) is 5.32. The van der Waals surface area contributed by atoms with Gasteiger partial charge in [0.05, 0.1) is 12.7 Å². The zero-order chi connectivity index (χ0) is 14.8. The molecule has 0 atom stereocenters. The summed E-state index contributed by atoms with van der Waals surface area (Å²) in [7, 11) is 1.61. The lowest BCUT2D eigenvalue weighted by Crippen LogP contribution is -2.18. The summed E-state index contributed by atoms with van der Waals surface area (Å²) in [6.07, 6.45) is 1.80. The largest absolute Gasteiger partial charge is 0.508 e. The number of rotatable bonds is 2. The van der Waals surface area contributed by atoms with Gasteiger partial charge in [0.1, 0.15) is 23.9 Å². The third kappa shape index (κ3) is 2.60. The van der Waals surface area contributed by atoms with E-state index in [0.717, 1.165) is 11.3 Å². The zero-order valence-corrected chi connectivity index (χ0v) is 11.5. The Balaban J connectivity index is 1.91. The van der Waals surface area contributed by atoms with E-state index in [-0.39, 0.29) is 18.1 Å². The maximum Gasteiger partial charge on any atom is 0.196 e. The smallest absolute Gasteiger partial charge is 0.196 e. The van der Waals surface area contributed by atoms with Gasteiger partial charge < -0.3 is 14.6 Å². The molecule has 0 unspecified atom stereocenters. The number of fused-ring (bicyclic) bond motifs is 1. The second-order valence-corrected chi connectivity index (χ2v) is 4.74. The molecule has 0 amide bonds. The summed E-state index contributed by atoms with van der Waals surface area (Å²) in [5, 5.41) is 9.41. The first-order chi connectivity index (χ1) is 10.2. The van der Waals surface area contributed by atoms with Crippen LogP contribution in [-0.2, 0) is 0 Å². The molecule has 3 rings (SSSR count). The Morgan fingerprint density at radius 3 is 2.67 bits per heavy atom.